The van der Waals surface area contributed by atoms with E-state index in [0.29, 0.717) is 5.56 Å². The van der Waals surface area contributed by atoms with Gasteiger partial charge in [-0.2, -0.15) is 0 Å². The van der Waals surface area contributed by atoms with E-state index in [4.69, 9.17) is 17.0 Å². The van der Waals surface area contributed by atoms with Crippen molar-refractivity contribution < 1.29 is 24.5 Å². The first-order chi connectivity index (χ1) is 12.4. The van der Waals surface area contributed by atoms with E-state index >= 15 is 0 Å². The topological polar surface area (TPSA) is 87.1 Å². The second-order valence-corrected chi connectivity index (χ2v) is 8.52. The highest BCUT2D eigenvalue weighted by Gasteiger charge is 2.60. The third-order valence-corrected chi connectivity index (χ3v) is 5.32. The molecule has 2 rings (SSSR count). The normalized spacial score (nSPS) is 23.2. The minimum absolute atomic E-state index is 0.269. The fourth-order valence-corrected chi connectivity index (χ4v) is 3.85. The van der Waals surface area contributed by atoms with Gasteiger partial charge < -0.3 is 19.8 Å². The molecule has 0 saturated carbocycles. The number of esters is 1. The predicted octanol–water partition coefficient (Wildman–Crippen LogP) is 2.38. The van der Waals surface area contributed by atoms with Gasteiger partial charge >= 0.3 is 5.97 Å². The third-order valence-electron chi connectivity index (χ3n) is 4.89. The summed E-state index contributed by atoms with van der Waals surface area (Å²) in [4.78, 5) is 26.3. The Hall–Kier alpha value is -1.99. The molecule has 0 bridgehead atoms. The number of hydrogen-bond acceptors (Lipinski definition) is 5. The van der Waals surface area contributed by atoms with E-state index in [0.717, 1.165) is 0 Å². The lowest BCUT2D eigenvalue weighted by Gasteiger charge is -2.55. The molecule has 1 amide bonds. The molecule has 27 heavy (non-hydrogen) atoms. The molecule has 1 aliphatic rings. The van der Waals surface area contributed by atoms with Crippen molar-refractivity contribution in [1.29, 1.82) is 0 Å². The first-order valence-corrected chi connectivity index (χ1v) is 9.29. The molecule has 0 radical (unpaired) electrons. The van der Waals surface area contributed by atoms with Crippen molar-refractivity contribution in [2.75, 3.05) is 6.54 Å². The van der Waals surface area contributed by atoms with Gasteiger partial charge in [-0.25, -0.2) is 0 Å². The van der Waals surface area contributed by atoms with Gasteiger partial charge in [0.2, 0.25) is 5.91 Å². The number of ether oxygens (including phenoxy) is 1. The number of aliphatic hydroxyl groups excluding tert-OH is 2. The molecule has 0 aromatic heterocycles. The summed E-state index contributed by atoms with van der Waals surface area (Å²) in [5.74, 6) is -1.69. The highest BCUT2D eigenvalue weighted by Crippen LogP contribution is 2.44. The van der Waals surface area contributed by atoms with Gasteiger partial charge in [0.1, 0.15) is 12.1 Å². The zero-order valence-corrected chi connectivity index (χ0v) is 17.1. The molecule has 0 aliphatic carbocycles. The van der Waals surface area contributed by atoms with E-state index in [9.17, 15) is 19.8 Å². The largest absolute Gasteiger partial charge is 0.501 e. The molecule has 1 saturated heterocycles. The van der Waals surface area contributed by atoms with Crippen molar-refractivity contribution in [3.8, 4) is 0 Å². The average Bonchev–Trinajstić information content (AvgIpc) is 2.55. The highest BCUT2D eigenvalue weighted by atomic mass is 32.1. The molecule has 148 valence electrons. The summed E-state index contributed by atoms with van der Waals surface area (Å²) in [5.41, 5.74) is -1.09. The number of carbonyl (C=O) groups excluding carboxylic acids is 2. The molecule has 1 aliphatic heterocycles. The van der Waals surface area contributed by atoms with Crippen molar-refractivity contribution >= 4 is 29.1 Å². The standard InChI is InChI=1S/C20H27NO5S/c1-12(22)15-16(20(5,18(25)27)13-9-7-6-8-10-13)21(17(15)24)11-14(23)26-19(2,3)4/h6-10,12,15-16,22H,11H2,1-5H3,(H,25,27)/t12-,15-,16+,20-/m1/s1. The molecular formula is C20H27NO5S. The van der Waals surface area contributed by atoms with Gasteiger partial charge in [-0.05, 0) is 52.4 Å². The van der Waals surface area contributed by atoms with E-state index in [2.05, 4.69) is 0 Å². The first-order valence-electron chi connectivity index (χ1n) is 8.89. The Balaban J connectivity index is 2.42. The number of benzene rings is 1. The van der Waals surface area contributed by atoms with E-state index in [1.807, 2.05) is 18.2 Å². The SMILES string of the molecule is C[C@@H](O)[C@H]1C(=O)N(CC(=O)OC(C)(C)C)[C@@H]1[C@](C)(C(O)=S)c1ccccc1. The van der Waals surface area contributed by atoms with Gasteiger partial charge in [0.15, 0.2) is 5.05 Å². The monoisotopic (exact) mass is 393 g/mol. The van der Waals surface area contributed by atoms with Gasteiger partial charge in [-0.1, -0.05) is 30.3 Å². The summed E-state index contributed by atoms with van der Waals surface area (Å²) < 4.78 is 5.32. The second-order valence-electron chi connectivity index (χ2n) is 8.14. The smallest absolute Gasteiger partial charge is 0.326 e. The Morgan fingerprint density at radius 2 is 1.81 bits per heavy atom. The van der Waals surface area contributed by atoms with Crippen LogP contribution in [0.4, 0.5) is 0 Å². The summed E-state index contributed by atoms with van der Waals surface area (Å²) in [7, 11) is 0. The zero-order valence-electron chi connectivity index (χ0n) is 16.3. The fourth-order valence-electron chi connectivity index (χ4n) is 3.61. The molecule has 7 heteroatoms. The van der Waals surface area contributed by atoms with Crippen LogP contribution < -0.4 is 0 Å². The molecular weight excluding hydrogens is 366 g/mol. The van der Waals surface area contributed by atoms with Gasteiger partial charge in [-0.3, -0.25) is 9.59 Å². The van der Waals surface area contributed by atoms with Crippen molar-refractivity contribution in [2.45, 2.75) is 57.8 Å². The molecule has 6 nitrogen and oxygen atoms in total. The Morgan fingerprint density at radius 1 is 1.26 bits per heavy atom. The minimum Gasteiger partial charge on any atom is -0.501 e. The van der Waals surface area contributed by atoms with E-state index < -0.39 is 35.0 Å². The minimum atomic E-state index is -1.12. The quantitative estimate of drug-likeness (QED) is 0.438. The van der Waals surface area contributed by atoms with Crippen molar-refractivity contribution in [1.82, 2.24) is 4.90 Å². The summed E-state index contributed by atoms with van der Waals surface area (Å²) >= 11 is 5.14. The van der Waals surface area contributed by atoms with Crippen LogP contribution in [0.25, 0.3) is 0 Å². The number of carbonyl (C=O) groups is 2. The predicted molar refractivity (Wildman–Crippen MR) is 106 cm³/mol. The number of amides is 1. The van der Waals surface area contributed by atoms with E-state index in [-0.39, 0.29) is 17.5 Å². The number of thiocarbonyl (C=S) groups is 1. The van der Waals surface area contributed by atoms with Crippen LogP contribution in [0.1, 0.15) is 40.2 Å². The van der Waals surface area contributed by atoms with Gasteiger partial charge in [-0.15, -0.1) is 0 Å². The lowest BCUT2D eigenvalue weighted by atomic mass is 9.64. The molecule has 1 fully saturated rings. The van der Waals surface area contributed by atoms with Crippen LogP contribution >= 0.6 is 12.2 Å². The summed E-state index contributed by atoms with van der Waals surface area (Å²) in [6.45, 7) is 8.21. The second kappa shape index (κ2) is 7.56. The van der Waals surface area contributed by atoms with Gasteiger partial charge in [0, 0.05) is 0 Å². The average molecular weight is 394 g/mol. The Bertz CT molecular complexity index is 728. The molecule has 1 aromatic rings. The van der Waals surface area contributed by atoms with Gasteiger partial charge in [0.25, 0.3) is 0 Å². The van der Waals surface area contributed by atoms with Crippen LogP contribution in [0.3, 0.4) is 0 Å². The number of nitrogens with zero attached hydrogens (tertiary/aromatic N) is 1. The number of aliphatic hydroxyl groups is 2. The lowest BCUT2D eigenvalue weighted by Crippen LogP contribution is -2.72. The van der Waals surface area contributed by atoms with Crippen LogP contribution in [-0.2, 0) is 19.7 Å². The van der Waals surface area contributed by atoms with Crippen LogP contribution in [0.2, 0.25) is 0 Å². The third kappa shape index (κ3) is 4.14. The van der Waals surface area contributed by atoms with Crippen LogP contribution in [0.15, 0.2) is 30.3 Å². The molecule has 2 N–H and O–H groups in total. The zero-order chi connectivity index (χ0) is 20.6. The molecule has 0 unspecified atom stereocenters. The maximum absolute atomic E-state index is 12.6. The van der Waals surface area contributed by atoms with Crippen LogP contribution in [0, 0.1) is 5.92 Å². The maximum Gasteiger partial charge on any atom is 0.326 e. The Labute approximate surface area is 165 Å². The van der Waals surface area contributed by atoms with Crippen molar-refractivity contribution in [3.63, 3.8) is 0 Å². The van der Waals surface area contributed by atoms with E-state index in [1.165, 1.54) is 11.8 Å². The highest BCUT2D eigenvalue weighted by molar-refractivity contribution is 7.80. The number of hydrogen-bond donors (Lipinski definition) is 2. The van der Waals surface area contributed by atoms with Crippen molar-refractivity contribution in [3.05, 3.63) is 35.9 Å². The van der Waals surface area contributed by atoms with Crippen LogP contribution in [0.5, 0.6) is 0 Å². The number of likely N-dealkylation sites (tertiary alicyclic amines) is 1. The summed E-state index contributed by atoms with van der Waals surface area (Å²) in [6.07, 6.45) is -0.949. The molecule has 4 atom stereocenters. The van der Waals surface area contributed by atoms with Gasteiger partial charge in [0.05, 0.1) is 23.5 Å². The molecule has 1 aromatic carbocycles. The number of β-lactam (4-membered cyclic amide) rings is 1. The van der Waals surface area contributed by atoms with Crippen LogP contribution in [-0.4, -0.2) is 56.3 Å². The van der Waals surface area contributed by atoms with Crippen molar-refractivity contribution in [2.24, 2.45) is 5.92 Å². The molecule has 0 spiro atoms. The summed E-state index contributed by atoms with van der Waals surface area (Å²) in [5, 5.41) is 20.2. The Morgan fingerprint density at radius 3 is 2.26 bits per heavy atom. The Kier molecular flexibility index (Phi) is 5.97. The first kappa shape index (κ1) is 21.3. The molecule has 1 heterocycles. The fraction of sp³-hybridized carbons (Fsp3) is 0.550. The van der Waals surface area contributed by atoms with E-state index in [1.54, 1.807) is 39.8 Å². The summed E-state index contributed by atoms with van der Waals surface area (Å²) in [6, 6.07) is 8.38. The lowest BCUT2D eigenvalue weighted by molar-refractivity contribution is -0.178. The maximum atomic E-state index is 12.6. The number of rotatable bonds is 6.